The molecule has 0 fully saturated rings. The molecule has 2 N–H and O–H groups in total. The zero-order valence-corrected chi connectivity index (χ0v) is 12.5. The summed E-state index contributed by atoms with van der Waals surface area (Å²) in [4.78, 5) is 11.2. The van der Waals surface area contributed by atoms with E-state index in [0.717, 1.165) is 6.26 Å². The fraction of sp³-hybridized carbons (Fsp3) is 0.231. The summed E-state index contributed by atoms with van der Waals surface area (Å²) < 4.78 is 42.8. The highest BCUT2D eigenvalue weighted by Gasteiger charge is 2.28. The third-order valence-corrected chi connectivity index (χ3v) is 3.65. The Kier molecular flexibility index (Phi) is 4.29. The topological polar surface area (TPSA) is 110 Å². The number of aromatic carboxylic acids is 1. The molecular formula is C13H13FN2O5S. The third-order valence-electron chi connectivity index (χ3n) is 2.86. The highest BCUT2D eigenvalue weighted by molar-refractivity contribution is 7.88. The number of carboxylic acid groups (broad SMARTS) is 1. The SMILES string of the molecule is C[C@@H](NS(C)(=O)=O)c1c(-c2ccc(F)cc2)noc1C(=O)O. The van der Waals surface area contributed by atoms with Crippen molar-refractivity contribution < 1.29 is 27.2 Å². The number of rotatable bonds is 5. The Labute approximate surface area is 125 Å². The number of nitrogens with one attached hydrogen (secondary N) is 1. The Balaban J connectivity index is 2.56. The first-order valence-electron chi connectivity index (χ1n) is 6.15. The van der Waals surface area contributed by atoms with Crippen LogP contribution in [0.2, 0.25) is 0 Å². The van der Waals surface area contributed by atoms with Crippen molar-refractivity contribution in [3.8, 4) is 11.3 Å². The van der Waals surface area contributed by atoms with Crippen LogP contribution in [-0.4, -0.2) is 30.9 Å². The highest BCUT2D eigenvalue weighted by Crippen LogP contribution is 2.31. The molecular weight excluding hydrogens is 315 g/mol. The van der Waals surface area contributed by atoms with Gasteiger partial charge in [0.25, 0.3) is 0 Å². The quantitative estimate of drug-likeness (QED) is 0.866. The van der Waals surface area contributed by atoms with Crippen molar-refractivity contribution in [2.75, 3.05) is 6.26 Å². The van der Waals surface area contributed by atoms with Crippen LogP contribution in [0.1, 0.15) is 29.1 Å². The van der Waals surface area contributed by atoms with E-state index in [-0.39, 0.29) is 11.3 Å². The fourth-order valence-electron chi connectivity index (χ4n) is 2.05. The van der Waals surface area contributed by atoms with Crippen LogP contribution < -0.4 is 4.72 Å². The van der Waals surface area contributed by atoms with E-state index < -0.39 is 33.6 Å². The molecule has 0 bridgehead atoms. The standard InChI is InChI=1S/C13H13FN2O5S/c1-7(16-22(2,19)20)10-11(15-21-12(10)13(17)18)8-3-5-9(14)6-4-8/h3-7,16H,1-2H3,(H,17,18)/t7-/m1/s1. The smallest absolute Gasteiger partial charge is 0.375 e. The van der Waals surface area contributed by atoms with Crippen LogP contribution in [0, 0.1) is 5.82 Å². The van der Waals surface area contributed by atoms with Crippen molar-refractivity contribution in [2.24, 2.45) is 0 Å². The zero-order valence-electron chi connectivity index (χ0n) is 11.7. The summed E-state index contributed by atoms with van der Waals surface area (Å²) in [7, 11) is -3.57. The van der Waals surface area contributed by atoms with E-state index in [1.165, 1.54) is 31.2 Å². The molecule has 1 heterocycles. The summed E-state index contributed by atoms with van der Waals surface area (Å²) in [6.45, 7) is 1.47. The third kappa shape index (κ3) is 3.49. The lowest BCUT2D eigenvalue weighted by Gasteiger charge is -2.12. The summed E-state index contributed by atoms with van der Waals surface area (Å²) in [6, 6.07) is 4.28. The number of nitrogens with zero attached hydrogens (tertiary/aromatic N) is 1. The van der Waals surface area contributed by atoms with Gasteiger partial charge in [-0.15, -0.1) is 0 Å². The van der Waals surface area contributed by atoms with Crippen LogP contribution >= 0.6 is 0 Å². The van der Waals surface area contributed by atoms with Crippen molar-refractivity contribution in [1.82, 2.24) is 9.88 Å². The average Bonchev–Trinajstić information content (AvgIpc) is 2.82. The van der Waals surface area contributed by atoms with E-state index >= 15 is 0 Å². The van der Waals surface area contributed by atoms with Crippen LogP contribution in [0.15, 0.2) is 28.8 Å². The van der Waals surface area contributed by atoms with Gasteiger partial charge >= 0.3 is 5.97 Å². The highest BCUT2D eigenvalue weighted by atomic mass is 32.2. The molecule has 0 amide bonds. The lowest BCUT2D eigenvalue weighted by atomic mass is 10.0. The minimum atomic E-state index is -3.57. The molecule has 0 aliphatic carbocycles. The van der Waals surface area contributed by atoms with Crippen molar-refractivity contribution in [2.45, 2.75) is 13.0 Å². The van der Waals surface area contributed by atoms with Gasteiger partial charge in [-0.25, -0.2) is 22.3 Å². The largest absolute Gasteiger partial charge is 0.475 e. The number of carbonyl (C=O) groups is 1. The Morgan fingerprint density at radius 1 is 1.36 bits per heavy atom. The van der Waals surface area contributed by atoms with Crippen LogP contribution in [0.25, 0.3) is 11.3 Å². The first-order valence-corrected chi connectivity index (χ1v) is 8.04. The lowest BCUT2D eigenvalue weighted by Crippen LogP contribution is -2.26. The second-order valence-corrected chi connectivity index (χ2v) is 6.48. The van der Waals surface area contributed by atoms with E-state index in [4.69, 9.17) is 9.63 Å². The number of sulfonamides is 1. The van der Waals surface area contributed by atoms with Gasteiger partial charge in [0, 0.05) is 5.56 Å². The monoisotopic (exact) mass is 328 g/mol. The van der Waals surface area contributed by atoms with Gasteiger partial charge in [-0.1, -0.05) is 5.16 Å². The van der Waals surface area contributed by atoms with Crippen LogP contribution in [-0.2, 0) is 10.0 Å². The summed E-state index contributed by atoms with van der Waals surface area (Å²) in [6.07, 6.45) is 0.953. The molecule has 0 radical (unpaired) electrons. The van der Waals surface area contributed by atoms with E-state index in [2.05, 4.69) is 9.88 Å². The minimum absolute atomic E-state index is 0.0736. The molecule has 0 aliphatic heterocycles. The van der Waals surface area contributed by atoms with Gasteiger partial charge in [0.1, 0.15) is 11.5 Å². The molecule has 2 rings (SSSR count). The lowest BCUT2D eigenvalue weighted by molar-refractivity contribution is 0.0649. The molecule has 2 aromatic rings. The number of hydrogen-bond donors (Lipinski definition) is 2. The molecule has 0 spiro atoms. The van der Waals surface area contributed by atoms with Gasteiger partial charge < -0.3 is 9.63 Å². The number of carboxylic acids is 1. The van der Waals surface area contributed by atoms with Gasteiger partial charge in [-0.3, -0.25) is 0 Å². The maximum absolute atomic E-state index is 13.0. The molecule has 7 nitrogen and oxygen atoms in total. The number of hydrogen-bond acceptors (Lipinski definition) is 5. The van der Waals surface area contributed by atoms with Gasteiger partial charge in [0.2, 0.25) is 15.8 Å². The minimum Gasteiger partial charge on any atom is -0.475 e. The number of halogens is 1. The van der Waals surface area contributed by atoms with Crippen LogP contribution in [0.5, 0.6) is 0 Å². The second kappa shape index (κ2) is 5.85. The van der Waals surface area contributed by atoms with E-state index in [1.807, 2.05) is 0 Å². The van der Waals surface area contributed by atoms with Gasteiger partial charge in [-0.05, 0) is 31.2 Å². The Hall–Kier alpha value is -2.26. The normalized spacial score (nSPS) is 13.0. The van der Waals surface area contributed by atoms with E-state index in [0.29, 0.717) is 5.56 Å². The fourth-order valence-corrected chi connectivity index (χ4v) is 2.81. The molecule has 22 heavy (non-hydrogen) atoms. The van der Waals surface area contributed by atoms with Gasteiger partial charge in [0.05, 0.1) is 17.9 Å². The summed E-state index contributed by atoms with van der Waals surface area (Å²) in [5.74, 6) is -2.31. The first kappa shape index (κ1) is 16.1. The molecule has 1 aromatic carbocycles. The molecule has 1 atom stereocenters. The predicted octanol–water partition coefficient (Wildman–Crippen LogP) is 1.79. The van der Waals surface area contributed by atoms with E-state index in [1.54, 1.807) is 0 Å². The first-order chi connectivity index (χ1) is 10.2. The molecule has 0 unspecified atom stereocenters. The Bertz CT molecular complexity index is 798. The Morgan fingerprint density at radius 2 is 1.95 bits per heavy atom. The second-order valence-electron chi connectivity index (χ2n) is 4.70. The number of aromatic nitrogens is 1. The van der Waals surface area contributed by atoms with Crippen LogP contribution in [0.4, 0.5) is 4.39 Å². The number of benzene rings is 1. The van der Waals surface area contributed by atoms with Gasteiger partial charge in [0.15, 0.2) is 0 Å². The molecule has 118 valence electrons. The summed E-state index contributed by atoms with van der Waals surface area (Å²) in [5.41, 5.74) is 0.625. The van der Waals surface area contributed by atoms with Crippen molar-refractivity contribution in [3.63, 3.8) is 0 Å². The van der Waals surface area contributed by atoms with Crippen LogP contribution in [0.3, 0.4) is 0 Å². The molecule has 1 aromatic heterocycles. The summed E-state index contributed by atoms with van der Waals surface area (Å²) >= 11 is 0. The average molecular weight is 328 g/mol. The Morgan fingerprint density at radius 3 is 2.45 bits per heavy atom. The van der Waals surface area contributed by atoms with Crippen molar-refractivity contribution >= 4 is 16.0 Å². The zero-order chi connectivity index (χ0) is 16.5. The van der Waals surface area contributed by atoms with E-state index in [9.17, 15) is 17.6 Å². The molecule has 0 saturated heterocycles. The maximum Gasteiger partial charge on any atom is 0.375 e. The molecule has 0 saturated carbocycles. The molecule has 9 heteroatoms. The maximum atomic E-state index is 13.0. The van der Waals surface area contributed by atoms with Crippen molar-refractivity contribution in [3.05, 3.63) is 41.4 Å². The van der Waals surface area contributed by atoms with Crippen molar-refractivity contribution in [1.29, 1.82) is 0 Å². The summed E-state index contributed by atoms with van der Waals surface area (Å²) in [5, 5.41) is 12.8. The van der Waals surface area contributed by atoms with Gasteiger partial charge in [-0.2, -0.15) is 0 Å². The molecule has 0 aliphatic rings. The predicted molar refractivity (Wildman–Crippen MR) is 75.3 cm³/mol.